The van der Waals surface area contributed by atoms with Crippen LogP contribution in [0.3, 0.4) is 0 Å². The molecule has 1 aromatic carbocycles. The zero-order valence-electron chi connectivity index (χ0n) is 9.44. The Labute approximate surface area is 101 Å². The predicted octanol–water partition coefficient (Wildman–Crippen LogP) is 1.61. The summed E-state index contributed by atoms with van der Waals surface area (Å²) in [5, 5.41) is 8.85. The number of aliphatic carboxylic acids is 1. The molecule has 0 radical (unpaired) electrons. The number of fused-ring (bicyclic) bond motifs is 1. The highest BCUT2D eigenvalue weighted by atomic mass is 19.3. The molecule has 1 aromatic rings. The normalized spacial score (nSPS) is 15.6. The van der Waals surface area contributed by atoms with E-state index in [4.69, 9.17) is 20.3 Å². The molecule has 1 atom stereocenters. The molecular weight excluding hydrogens is 248 g/mol. The fraction of sp³-hybridized carbons (Fsp3) is 0.364. The van der Waals surface area contributed by atoms with E-state index in [2.05, 4.69) is 0 Å². The van der Waals surface area contributed by atoms with Gasteiger partial charge in [-0.15, -0.1) is 0 Å². The highest BCUT2D eigenvalue weighted by molar-refractivity contribution is 5.77. The Bertz CT molecular complexity index is 499. The number of halogens is 2. The van der Waals surface area contributed by atoms with Gasteiger partial charge in [-0.3, -0.25) is 4.79 Å². The summed E-state index contributed by atoms with van der Waals surface area (Å²) in [5.74, 6) is -4.25. The maximum Gasteiger partial charge on any atom is 0.325 e. The molecule has 1 aliphatic heterocycles. The Morgan fingerprint density at radius 2 is 2.17 bits per heavy atom. The lowest BCUT2D eigenvalue weighted by molar-refractivity contribution is -0.138. The van der Waals surface area contributed by atoms with Crippen LogP contribution in [0.1, 0.15) is 24.1 Å². The average molecular weight is 259 g/mol. The first-order valence-electron chi connectivity index (χ1n) is 5.11. The van der Waals surface area contributed by atoms with Gasteiger partial charge in [-0.25, -0.2) is 8.78 Å². The van der Waals surface area contributed by atoms with Crippen LogP contribution in [0.4, 0.5) is 8.78 Å². The van der Waals surface area contributed by atoms with E-state index in [1.807, 2.05) is 0 Å². The third-order valence-electron chi connectivity index (χ3n) is 2.61. The van der Waals surface area contributed by atoms with Crippen LogP contribution < -0.4 is 15.2 Å². The summed E-state index contributed by atoms with van der Waals surface area (Å²) in [6.45, 7) is 0.564. The maximum atomic E-state index is 13.3. The third-order valence-corrected chi connectivity index (χ3v) is 2.61. The Kier molecular flexibility index (Phi) is 2.86. The smallest absolute Gasteiger partial charge is 0.325 e. The number of carboxylic acid groups (broad SMARTS) is 1. The SMILES string of the molecule is CC(F)(F)c1cc2c(c(C(N)C(=O)O)c1)OCO2. The number of carbonyl (C=O) groups is 1. The number of alkyl halides is 2. The van der Waals surface area contributed by atoms with Gasteiger partial charge in [-0.1, -0.05) is 0 Å². The highest BCUT2D eigenvalue weighted by Gasteiger charge is 2.32. The van der Waals surface area contributed by atoms with Gasteiger partial charge in [0.05, 0.1) is 0 Å². The van der Waals surface area contributed by atoms with Crippen molar-refractivity contribution in [3.05, 3.63) is 23.3 Å². The molecular formula is C11H11F2NO4. The second kappa shape index (κ2) is 4.09. The van der Waals surface area contributed by atoms with Gasteiger partial charge in [-0.2, -0.15) is 0 Å². The summed E-state index contributed by atoms with van der Waals surface area (Å²) in [5.41, 5.74) is 5.06. The lowest BCUT2D eigenvalue weighted by Gasteiger charge is -2.16. The molecule has 1 heterocycles. The van der Waals surface area contributed by atoms with Crippen LogP contribution in [0.2, 0.25) is 0 Å². The minimum atomic E-state index is -3.12. The monoisotopic (exact) mass is 259 g/mol. The van der Waals surface area contributed by atoms with E-state index < -0.39 is 17.9 Å². The van der Waals surface area contributed by atoms with Crippen LogP contribution in [0.25, 0.3) is 0 Å². The number of hydrogen-bond donors (Lipinski definition) is 2. The first-order valence-corrected chi connectivity index (χ1v) is 5.11. The standard InChI is InChI=1S/C11H11F2NO4/c1-11(12,13)5-2-6(8(14)10(15)16)9-7(3-5)17-4-18-9/h2-3,8H,4,14H2,1H3,(H,15,16). The molecule has 0 aromatic heterocycles. The summed E-state index contributed by atoms with van der Waals surface area (Å²) < 4.78 is 36.6. The molecule has 0 aliphatic carbocycles. The van der Waals surface area contributed by atoms with Gasteiger partial charge in [0.2, 0.25) is 6.79 Å². The Morgan fingerprint density at radius 1 is 1.50 bits per heavy atom. The van der Waals surface area contributed by atoms with Gasteiger partial charge in [0.25, 0.3) is 5.92 Å². The largest absolute Gasteiger partial charge is 0.480 e. The zero-order chi connectivity index (χ0) is 13.5. The topological polar surface area (TPSA) is 81.8 Å². The van der Waals surface area contributed by atoms with Crippen molar-refractivity contribution in [1.82, 2.24) is 0 Å². The second-order valence-corrected chi connectivity index (χ2v) is 4.00. The van der Waals surface area contributed by atoms with E-state index in [9.17, 15) is 13.6 Å². The van der Waals surface area contributed by atoms with Gasteiger partial charge in [0, 0.05) is 18.1 Å². The van der Waals surface area contributed by atoms with Gasteiger partial charge < -0.3 is 20.3 Å². The molecule has 0 amide bonds. The van der Waals surface area contributed by atoms with E-state index >= 15 is 0 Å². The van der Waals surface area contributed by atoms with Crippen LogP contribution >= 0.6 is 0 Å². The third kappa shape index (κ3) is 2.08. The molecule has 0 saturated carbocycles. The van der Waals surface area contributed by atoms with Crippen LogP contribution in [-0.4, -0.2) is 17.9 Å². The Morgan fingerprint density at radius 3 is 2.72 bits per heavy atom. The maximum absolute atomic E-state index is 13.3. The Hall–Kier alpha value is -1.89. The van der Waals surface area contributed by atoms with Crippen molar-refractivity contribution >= 4 is 5.97 Å². The highest BCUT2D eigenvalue weighted by Crippen LogP contribution is 2.42. The lowest BCUT2D eigenvalue weighted by atomic mass is 10.00. The summed E-state index contributed by atoms with van der Waals surface area (Å²) in [7, 11) is 0. The lowest BCUT2D eigenvalue weighted by Crippen LogP contribution is -2.22. The van der Waals surface area contributed by atoms with E-state index in [0.717, 1.165) is 12.1 Å². The minimum Gasteiger partial charge on any atom is -0.480 e. The minimum absolute atomic E-state index is 0.0194. The quantitative estimate of drug-likeness (QED) is 0.861. The number of ether oxygens (including phenoxy) is 2. The van der Waals surface area contributed by atoms with Gasteiger partial charge in [-0.05, 0) is 12.1 Å². The van der Waals surface area contributed by atoms with Gasteiger partial charge in [0.1, 0.15) is 6.04 Å². The van der Waals surface area contributed by atoms with Crippen molar-refractivity contribution < 1.29 is 28.2 Å². The molecule has 7 heteroatoms. The van der Waals surface area contributed by atoms with Crippen LogP contribution in [-0.2, 0) is 10.7 Å². The number of rotatable bonds is 3. The van der Waals surface area contributed by atoms with Crippen molar-refractivity contribution in [2.75, 3.05) is 6.79 Å². The van der Waals surface area contributed by atoms with E-state index in [0.29, 0.717) is 6.92 Å². The average Bonchev–Trinajstić information content (AvgIpc) is 2.73. The first-order chi connectivity index (χ1) is 8.30. The van der Waals surface area contributed by atoms with E-state index in [1.165, 1.54) is 0 Å². The molecule has 3 N–H and O–H groups in total. The molecule has 5 nitrogen and oxygen atoms in total. The first kappa shape index (κ1) is 12.6. The second-order valence-electron chi connectivity index (χ2n) is 4.00. The molecule has 98 valence electrons. The molecule has 0 saturated heterocycles. The predicted molar refractivity (Wildman–Crippen MR) is 56.7 cm³/mol. The van der Waals surface area contributed by atoms with Crippen molar-refractivity contribution in [2.24, 2.45) is 5.73 Å². The molecule has 18 heavy (non-hydrogen) atoms. The summed E-state index contributed by atoms with van der Waals surface area (Å²) >= 11 is 0. The number of nitrogens with two attached hydrogens (primary N) is 1. The van der Waals surface area contributed by atoms with E-state index in [1.54, 1.807) is 0 Å². The molecule has 0 bridgehead atoms. The number of hydrogen-bond acceptors (Lipinski definition) is 4. The van der Waals surface area contributed by atoms with E-state index in [-0.39, 0.29) is 29.4 Å². The molecule has 1 aliphatic rings. The van der Waals surface area contributed by atoms with Gasteiger partial charge in [0.15, 0.2) is 11.5 Å². The summed E-state index contributed by atoms with van der Waals surface area (Å²) in [6, 6.07) is 0.718. The number of carboxylic acids is 1. The van der Waals surface area contributed by atoms with Crippen LogP contribution in [0.15, 0.2) is 12.1 Å². The summed E-state index contributed by atoms with van der Waals surface area (Å²) in [4.78, 5) is 10.9. The molecule has 0 spiro atoms. The molecule has 1 unspecified atom stereocenters. The van der Waals surface area contributed by atoms with Crippen LogP contribution in [0, 0.1) is 0 Å². The van der Waals surface area contributed by atoms with Crippen molar-refractivity contribution in [1.29, 1.82) is 0 Å². The molecule has 2 rings (SSSR count). The fourth-order valence-electron chi connectivity index (χ4n) is 1.65. The number of benzene rings is 1. The fourth-order valence-corrected chi connectivity index (χ4v) is 1.65. The van der Waals surface area contributed by atoms with Crippen molar-refractivity contribution in [3.63, 3.8) is 0 Å². The van der Waals surface area contributed by atoms with Gasteiger partial charge >= 0.3 is 5.97 Å². The van der Waals surface area contributed by atoms with Crippen LogP contribution in [0.5, 0.6) is 11.5 Å². The van der Waals surface area contributed by atoms with Crippen molar-refractivity contribution in [2.45, 2.75) is 18.9 Å². The zero-order valence-corrected chi connectivity index (χ0v) is 9.44. The molecule has 0 fully saturated rings. The van der Waals surface area contributed by atoms with Crippen molar-refractivity contribution in [3.8, 4) is 11.5 Å². The summed E-state index contributed by atoms with van der Waals surface area (Å²) in [6.07, 6.45) is 0. The Balaban J connectivity index is 2.57.